The summed E-state index contributed by atoms with van der Waals surface area (Å²) in [6.07, 6.45) is 0. The fourth-order valence-corrected chi connectivity index (χ4v) is 2.22. The number of ether oxygens (including phenoxy) is 2. The molecule has 0 spiro atoms. The summed E-state index contributed by atoms with van der Waals surface area (Å²) in [5.74, 6) is -0.225. The molecule has 0 aromatic heterocycles. The van der Waals surface area contributed by atoms with Crippen molar-refractivity contribution in [3.63, 3.8) is 0 Å². The second-order valence-corrected chi connectivity index (χ2v) is 4.55. The third kappa shape index (κ3) is 2.55. The van der Waals surface area contributed by atoms with Gasteiger partial charge in [0, 0.05) is 11.6 Å². The highest BCUT2D eigenvalue weighted by Gasteiger charge is 2.40. The molecular weight excluding hydrogens is 270 g/mol. The Balaban J connectivity index is 2.67. The summed E-state index contributed by atoms with van der Waals surface area (Å²) in [4.78, 5) is 11.8. The van der Waals surface area contributed by atoms with Crippen LogP contribution in [0.3, 0.4) is 0 Å². The van der Waals surface area contributed by atoms with Crippen molar-refractivity contribution in [1.29, 1.82) is 0 Å². The summed E-state index contributed by atoms with van der Waals surface area (Å²) < 4.78 is 10.4. The van der Waals surface area contributed by atoms with Crippen molar-refractivity contribution in [2.75, 3.05) is 14.2 Å². The van der Waals surface area contributed by atoms with Gasteiger partial charge in [0.1, 0.15) is 11.5 Å². The molecule has 0 aliphatic carbocycles. The summed E-state index contributed by atoms with van der Waals surface area (Å²) in [7, 11) is 2.99. The number of hydrogen-bond donors (Lipinski definition) is 2. The normalized spacial score (nSPS) is 13.3. The number of aliphatic carboxylic acids is 1. The van der Waals surface area contributed by atoms with Crippen LogP contribution >= 0.6 is 0 Å². The van der Waals surface area contributed by atoms with E-state index in [9.17, 15) is 9.90 Å². The summed E-state index contributed by atoms with van der Waals surface area (Å²) in [6.45, 7) is 0. The first-order chi connectivity index (χ1) is 10.0. The first kappa shape index (κ1) is 14.9. The average Bonchev–Trinajstić information content (AvgIpc) is 2.54. The number of carbonyl (C=O) groups is 1. The topological polar surface area (TPSA) is 81.8 Å². The van der Waals surface area contributed by atoms with E-state index in [1.807, 2.05) is 0 Å². The Labute approximate surface area is 122 Å². The monoisotopic (exact) mass is 287 g/mol. The van der Waals surface area contributed by atoms with E-state index in [1.165, 1.54) is 14.2 Å². The SMILES string of the molecule is COc1ccc(C(N)(C(=O)O)c2ccccc2)c(OC)c1. The lowest BCUT2D eigenvalue weighted by molar-refractivity contribution is -0.142. The van der Waals surface area contributed by atoms with Gasteiger partial charge in [-0.05, 0) is 17.7 Å². The molecule has 21 heavy (non-hydrogen) atoms. The van der Waals surface area contributed by atoms with Crippen LogP contribution in [0, 0.1) is 0 Å². The predicted octanol–water partition coefficient (Wildman–Crippen LogP) is 1.99. The Hall–Kier alpha value is -2.53. The van der Waals surface area contributed by atoms with Crippen LogP contribution in [-0.2, 0) is 10.3 Å². The second kappa shape index (κ2) is 5.85. The minimum Gasteiger partial charge on any atom is -0.497 e. The molecule has 5 nitrogen and oxygen atoms in total. The van der Waals surface area contributed by atoms with Gasteiger partial charge in [-0.1, -0.05) is 30.3 Å². The molecule has 0 fully saturated rings. The molecule has 1 atom stereocenters. The van der Waals surface area contributed by atoms with Crippen LogP contribution in [-0.4, -0.2) is 25.3 Å². The number of carboxylic acid groups (broad SMARTS) is 1. The second-order valence-electron chi connectivity index (χ2n) is 4.55. The third-order valence-electron chi connectivity index (χ3n) is 3.40. The maximum absolute atomic E-state index is 11.8. The maximum atomic E-state index is 11.8. The van der Waals surface area contributed by atoms with Gasteiger partial charge in [0.15, 0.2) is 5.54 Å². The number of rotatable bonds is 5. The molecule has 5 heteroatoms. The standard InChI is InChI=1S/C16H17NO4/c1-20-12-8-9-13(14(10-12)21-2)16(17,15(18)19)11-6-4-3-5-7-11/h3-10H,17H2,1-2H3,(H,18,19). The molecule has 0 aliphatic heterocycles. The van der Waals surface area contributed by atoms with Crippen molar-refractivity contribution >= 4 is 5.97 Å². The first-order valence-corrected chi connectivity index (χ1v) is 6.34. The Kier molecular flexibility index (Phi) is 4.14. The van der Waals surface area contributed by atoms with Gasteiger partial charge in [0.2, 0.25) is 0 Å². The molecule has 2 aromatic rings. The maximum Gasteiger partial charge on any atom is 0.333 e. The third-order valence-corrected chi connectivity index (χ3v) is 3.40. The highest BCUT2D eigenvalue weighted by molar-refractivity contribution is 5.86. The molecule has 3 N–H and O–H groups in total. The zero-order valence-corrected chi connectivity index (χ0v) is 11.9. The average molecular weight is 287 g/mol. The Morgan fingerprint density at radius 1 is 1.10 bits per heavy atom. The summed E-state index contributed by atoms with van der Waals surface area (Å²) >= 11 is 0. The minimum absolute atomic E-state index is 0.364. The summed E-state index contributed by atoms with van der Waals surface area (Å²) in [5, 5.41) is 9.67. The molecule has 0 aliphatic rings. The molecule has 0 amide bonds. The predicted molar refractivity (Wildman–Crippen MR) is 78.6 cm³/mol. The van der Waals surface area contributed by atoms with Crippen molar-refractivity contribution < 1.29 is 19.4 Å². The molecule has 1 unspecified atom stereocenters. The highest BCUT2D eigenvalue weighted by atomic mass is 16.5. The van der Waals surface area contributed by atoms with Crippen LogP contribution in [0.15, 0.2) is 48.5 Å². The van der Waals surface area contributed by atoms with E-state index in [4.69, 9.17) is 15.2 Å². The lowest BCUT2D eigenvalue weighted by Gasteiger charge is -2.27. The zero-order valence-electron chi connectivity index (χ0n) is 11.9. The quantitative estimate of drug-likeness (QED) is 0.879. The van der Waals surface area contributed by atoms with E-state index < -0.39 is 11.5 Å². The van der Waals surface area contributed by atoms with E-state index in [0.29, 0.717) is 22.6 Å². The fraction of sp³-hybridized carbons (Fsp3) is 0.188. The Bertz CT molecular complexity index is 642. The van der Waals surface area contributed by atoms with Crippen LogP contribution in [0.4, 0.5) is 0 Å². The van der Waals surface area contributed by atoms with Crippen LogP contribution in [0.1, 0.15) is 11.1 Å². The van der Waals surface area contributed by atoms with Gasteiger partial charge in [-0.2, -0.15) is 0 Å². The van der Waals surface area contributed by atoms with Crippen molar-refractivity contribution in [3.05, 3.63) is 59.7 Å². The molecule has 0 radical (unpaired) electrons. The number of nitrogens with two attached hydrogens (primary N) is 1. The van der Waals surface area contributed by atoms with Gasteiger partial charge in [-0.3, -0.25) is 0 Å². The molecule has 0 saturated heterocycles. The van der Waals surface area contributed by atoms with Crippen LogP contribution < -0.4 is 15.2 Å². The molecule has 0 saturated carbocycles. The number of methoxy groups -OCH3 is 2. The zero-order chi connectivity index (χ0) is 15.5. The van der Waals surface area contributed by atoms with E-state index in [1.54, 1.807) is 48.5 Å². The summed E-state index contributed by atoms with van der Waals surface area (Å²) in [5.41, 5.74) is 5.37. The smallest absolute Gasteiger partial charge is 0.333 e. The molecule has 110 valence electrons. The van der Waals surface area contributed by atoms with Gasteiger partial charge in [-0.25, -0.2) is 4.79 Å². The van der Waals surface area contributed by atoms with Gasteiger partial charge in [0.05, 0.1) is 14.2 Å². The Morgan fingerprint density at radius 3 is 2.29 bits per heavy atom. The van der Waals surface area contributed by atoms with E-state index in [2.05, 4.69) is 0 Å². The van der Waals surface area contributed by atoms with Gasteiger partial charge < -0.3 is 20.3 Å². The van der Waals surface area contributed by atoms with Crippen molar-refractivity contribution in [2.45, 2.75) is 5.54 Å². The van der Waals surface area contributed by atoms with E-state index in [0.717, 1.165) is 0 Å². The first-order valence-electron chi connectivity index (χ1n) is 6.34. The van der Waals surface area contributed by atoms with Crippen molar-refractivity contribution in [1.82, 2.24) is 0 Å². The van der Waals surface area contributed by atoms with Crippen molar-refractivity contribution in [3.8, 4) is 11.5 Å². The van der Waals surface area contributed by atoms with Crippen LogP contribution in [0.2, 0.25) is 0 Å². The Morgan fingerprint density at radius 2 is 1.76 bits per heavy atom. The summed E-state index contributed by atoms with van der Waals surface area (Å²) in [6, 6.07) is 13.5. The highest BCUT2D eigenvalue weighted by Crippen LogP contribution is 2.36. The van der Waals surface area contributed by atoms with E-state index >= 15 is 0 Å². The molecule has 2 aromatic carbocycles. The lowest BCUT2D eigenvalue weighted by atomic mass is 9.83. The molecular formula is C16H17NO4. The van der Waals surface area contributed by atoms with Gasteiger partial charge >= 0.3 is 5.97 Å². The van der Waals surface area contributed by atoms with Crippen LogP contribution in [0.5, 0.6) is 11.5 Å². The fourth-order valence-electron chi connectivity index (χ4n) is 2.22. The lowest BCUT2D eigenvalue weighted by Crippen LogP contribution is -2.46. The van der Waals surface area contributed by atoms with Gasteiger partial charge in [0.25, 0.3) is 0 Å². The van der Waals surface area contributed by atoms with Crippen molar-refractivity contribution in [2.24, 2.45) is 5.73 Å². The van der Waals surface area contributed by atoms with Crippen LogP contribution in [0.25, 0.3) is 0 Å². The minimum atomic E-state index is -1.70. The van der Waals surface area contributed by atoms with E-state index in [-0.39, 0.29) is 0 Å². The number of benzene rings is 2. The molecule has 0 heterocycles. The van der Waals surface area contributed by atoms with Gasteiger partial charge in [-0.15, -0.1) is 0 Å². The largest absolute Gasteiger partial charge is 0.497 e. The molecule has 0 bridgehead atoms. The number of carboxylic acids is 1. The number of hydrogen-bond acceptors (Lipinski definition) is 4. The molecule has 2 rings (SSSR count).